The van der Waals surface area contributed by atoms with Crippen molar-refractivity contribution in [2.75, 3.05) is 0 Å². The first-order chi connectivity index (χ1) is 7.77. The van der Waals surface area contributed by atoms with Gasteiger partial charge in [-0.3, -0.25) is 0 Å². The highest BCUT2D eigenvalue weighted by Crippen LogP contribution is 2.20. The Morgan fingerprint density at radius 1 is 1.19 bits per heavy atom. The van der Waals surface area contributed by atoms with Crippen molar-refractivity contribution < 1.29 is 0 Å². The maximum absolute atomic E-state index is 6.14. The molecule has 88 valence electrons. The highest BCUT2D eigenvalue weighted by molar-refractivity contribution is 5.18. The van der Waals surface area contributed by atoms with Gasteiger partial charge in [0.2, 0.25) is 0 Å². The number of nitrogens with one attached hydrogen (secondary N) is 1. The van der Waals surface area contributed by atoms with Gasteiger partial charge in [0.1, 0.15) is 0 Å². The number of rotatable bonds is 3. The van der Waals surface area contributed by atoms with Gasteiger partial charge in [0.25, 0.3) is 0 Å². The average Bonchev–Trinajstić information content (AvgIpc) is 2.33. The highest BCUT2D eigenvalue weighted by Gasteiger charge is 2.22. The summed E-state index contributed by atoms with van der Waals surface area (Å²) in [5, 5.41) is 3.66. The van der Waals surface area contributed by atoms with Crippen LogP contribution in [-0.2, 0) is 0 Å². The molecule has 0 radical (unpaired) electrons. The van der Waals surface area contributed by atoms with Crippen LogP contribution in [-0.4, -0.2) is 12.1 Å². The van der Waals surface area contributed by atoms with Crippen LogP contribution >= 0.6 is 0 Å². The maximum atomic E-state index is 6.14. The molecular formula is C14H22N2. The Kier molecular flexibility index (Phi) is 3.97. The van der Waals surface area contributed by atoms with Gasteiger partial charge in [0.15, 0.2) is 0 Å². The Morgan fingerprint density at radius 3 is 2.56 bits per heavy atom. The van der Waals surface area contributed by atoms with E-state index in [1.807, 2.05) is 0 Å². The summed E-state index contributed by atoms with van der Waals surface area (Å²) in [5.41, 5.74) is 7.49. The second-order valence-electron chi connectivity index (χ2n) is 4.85. The molecule has 0 aromatic heterocycles. The molecule has 16 heavy (non-hydrogen) atoms. The third kappa shape index (κ3) is 2.83. The first-order valence-corrected chi connectivity index (χ1v) is 6.34. The van der Waals surface area contributed by atoms with E-state index in [1.54, 1.807) is 0 Å². The molecule has 1 aromatic carbocycles. The average molecular weight is 218 g/mol. The Hall–Kier alpha value is -0.860. The Balaban J connectivity index is 1.94. The van der Waals surface area contributed by atoms with Crippen LogP contribution in [0, 0.1) is 0 Å². The van der Waals surface area contributed by atoms with Gasteiger partial charge in [-0.25, -0.2) is 0 Å². The van der Waals surface area contributed by atoms with Gasteiger partial charge in [0.05, 0.1) is 0 Å². The van der Waals surface area contributed by atoms with Crippen LogP contribution in [0.15, 0.2) is 30.3 Å². The lowest BCUT2D eigenvalue weighted by Crippen LogP contribution is -2.47. The molecule has 0 saturated heterocycles. The third-order valence-corrected chi connectivity index (χ3v) is 3.58. The first kappa shape index (κ1) is 11.6. The van der Waals surface area contributed by atoms with Crippen LogP contribution in [0.1, 0.15) is 44.2 Å². The zero-order chi connectivity index (χ0) is 11.4. The molecule has 3 atom stereocenters. The summed E-state index contributed by atoms with van der Waals surface area (Å²) in [6.07, 6.45) is 4.99. The van der Waals surface area contributed by atoms with E-state index in [0.717, 1.165) is 0 Å². The SMILES string of the molecule is C[C@@H](N[C@H]1CCCC[C@@H]1N)c1ccccc1. The summed E-state index contributed by atoms with van der Waals surface area (Å²) in [6, 6.07) is 11.8. The number of benzene rings is 1. The van der Waals surface area contributed by atoms with Crippen molar-refractivity contribution in [2.45, 2.75) is 50.7 Å². The molecule has 0 unspecified atom stereocenters. The van der Waals surface area contributed by atoms with Crippen LogP contribution < -0.4 is 11.1 Å². The molecule has 0 amide bonds. The molecule has 2 nitrogen and oxygen atoms in total. The molecule has 3 N–H and O–H groups in total. The Morgan fingerprint density at radius 2 is 1.88 bits per heavy atom. The fourth-order valence-corrected chi connectivity index (χ4v) is 2.53. The fourth-order valence-electron chi connectivity index (χ4n) is 2.53. The lowest BCUT2D eigenvalue weighted by atomic mass is 9.90. The van der Waals surface area contributed by atoms with Crippen molar-refractivity contribution in [3.8, 4) is 0 Å². The van der Waals surface area contributed by atoms with Gasteiger partial charge in [-0.15, -0.1) is 0 Å². The zero-order valence-corrected chi connectivity index (χ0v) is 10.0. The van der Waals surface area contributed by atoms with Crippen LogP contribution in [0.5, 0.6) is 0 Å². The van der Waals surface area contributed by atoms with Crippen molar-refractivity contribution in [1.82, 2.24) is 5.32 Å². The van der Waals surface area contributed by atoms with Crippen molar-refractivity contribution in [3.63, 3.8) is 0 Å². The predicted octanol–water partition coefficient (Wildman–Crippen LogP) is 2.61. The molecule has 0 bridgehead atoms. The van der Waals surface area contributed by atoms with Crippen LogP contribution in [0.2, 0.25) is 0 Å². The van der Waals surface area contributed by atoms with Gasteiger partial charge in [-0.05, 0) is 25.3 Å². The van der Waals surface area contributed by atoms with E-state index in [0.29, 0.717) is 18.1 Å². The summed E-state index contributed by atoms with van der Waals surface area (Å²) < 4.78 is 0. The molecule has 1 aliphatic rings. The van der Waals surface area contributed by atoms with Gasteiger partial charge in [0, 0.05) is 18.1 Å². The van der Waals surface area contributed by atoms with E-state index in [2.05, 4.69) is 42.6 Å². The van der Waals surface area contributed by atoms with Gasteiger partial charge >= 0.3 is 0 Å². The zero-order valence-electron chi connectivity index (χ0n) is 10.0. The normalized spacial score (nSPS) is 27.6. The van der Waals surface area contributed by atoms with E-state index in [1.165, 1.54) is 31.2 Å². The van der Waals surface area contributed by atoms with Crippen molar-refractivity contribution in [2.24, 2.45) is 5.73 Å². The monoisotopic (exact) mass is 218 g/mol. The first-order valence-electron chi connectivity index (χ1n) is 6.34. The fraction of sp³-hybridized carbons (Fsp3) is 0.571. The molecule has 1 fully saturated rings. The lowest BCUT2D eigenvalue weighted by molar-refractivity contribution is 0.307. The predicted molar refractivity (Wildman–Crippen MR) is 68.2 cm³/mol. The van der Waals surface area contributed by atoms with E-state index in [4.69, 9.17) is 5.73 Å². The van der Waals surface area contributed by atoms with Gasteiger partial charge in [-0.1, -0.05) is 43.2 Å². The summed E-state index contributed by atoms with van der Waals surface area (Å²) in [7, 11) is 0. The summed E-state index contributed by atoms with van der Waals surface area (Å²) >= 11 is 0. The van der Waals surface area contributed by atoms with Crippen LogP contribution in [0.25, 0.3) is 0 Å². The largest absolute Gasteiger partial charge is 0.326 e. The minimum atomic E-state index is 0.333. The van der Waals surface area contributed by atoms with Crippen molar-refractivity contribution >= 4 is 0 Å². The van der Waals surface area contributed by atoms with E-state index >= 15 is 0 Å². The van der Waals surface area contributed by atoms with E-state index in [9.17, 15) is 0 Å². The number of hydrogen-bond acceptors (Lipinski definition) is 2. The molecule has 2 rings (SSSR count). The molecule has 1 aromatic rings. The molecule has 0 spiro atoms. The molecular weight excluding hydrogens is 196 g/mol. The smallest absolute Gasteiger partial charge is 0.0294 e. The summed E-state index contributed by atoms with van der Waals surface area (Å²) in [6.45, 7) is 2.22. The minimum Gasteiger partial charge on any atom is -0.326 e. The summed E-state index contributed by atoms with van der Waals surface area (Å²) in [5.74, 6) is 0. The third-order valence-electron chi connectivity index (χ3n) is 3.58. The van der Waals surface area contributed by atoms with Crippen molar-refractivity contribution in [3.05, 3.63) is 35.9 Å². The van der Waals surface area contributed by atoms with E-state index in [-0.39, 0.29) is 0 Å². The number of hydrogen-bond donors (Lipinski definition) is 2. The Labute approximate surface area is 98.2 Å². The van der Waals surface area contributed by atoms with Crippen LogP contribution in [0.4, 0.5) is 0 Å². The molecule has 0 heterocycles. The van der Waals surface area contributed by atoms with Gasteiger partial charge in [-0.2, -0.15) is 0 Å². The second-order valence-corrected chi connectivity index (χ2v) is 4.85. The molecule has 1 saturated carbocycles. The standard InChI is InChI=1S/C14H22N2/c1-11(12-7-3-2-4-8-12)16-14-10-6-5-9-13(14)15/h2-4,7-8,11,13-14,16H,5-6,9-10,15H2,1H3/t11-,13+,14+/m1/s1. The molecule has 1 aliphatic carbocycles. The number of nitrogens with two attached hydrogens (primary N) is 1. The lowest BCUT2D eigenvalue weighted by Gasteiger charge is -2.32. The topological polar surface area (TPSA) is 38.0 Å². The van der Waals surface area contributed by atoms with E-state index < -0.39 is 0 Å². The quantitative estimate of drug-likeness (QED) is 0.818. The summed E-state index contributed by atoms with van der Waals surface area (Å²) in [4.78, 5) is 0. The molecule has 2 heteroatoms. The maximum Gasteiger partial charge on any atom is 0.0294 e. The Bertz CT molecular complexity index is 310. The van der Waals surface area contributed by atoms with Gasteiger partial charge < -0.3 is 11.1 Å². The van der Waals surface area contributed by atoms with Crippen molar-refractivity contribution in [1.29, 1.82) is 0 Å². The minimum absolute atomic E-state index is 0.333. The van der Waals surface area contributed by atoms with Crippen LogP contribution in [0.3, 0.4) is 0 Å². The second kappa shape index (κ2) is 5.46. The molecule has 0 aliphatic heterocycles. The highest BCUT2D eigenvalue weighted by atomic mass is 15.0.